The van der Waals surface area contributed by atoms with Gasteiger partial charge in [0.1, 0.15) is 17.4 Å². The Hall–Kier alpha value is -2.78. The molecule has 1 aromatic carbocycles. The zero-order valence-corrected chi connectivity index (χ0v) is 16.3. The molecule has 1 aliphatic rings. The zero-order valence-electron chi connectivity index (χ0n) is 15.6. The third-order valence-electron chi connectivity index (χ3n) is 5.15. The Labute approximate surface area is 167 Å². The summed E-state index contributed by atoms with van der Waals surface area (Å²) in [5.41, 5.74) is -0.504. The molecule has 0 saturated heterocycles. The second-order valence-electron chi connectivity index (χ2n) is 6.94. The Morgan fingerprint density at radius 2 is 1.93 bits per heavy atom. The summed E-state index contributed by atoms with van der Waals surface area (Å²) in [5.74, 6) is -0.417. The van der Waals surface area contributed by atoms with Gasteiger partial charge < -0.3 is 9.84 Å². The zero-order chi connectivity index (χ0) is 20.3. The number of aromatic hydroxyl groups is 1. The summed E-state index contributed by atoms with van der Waals surface area (Å²) in [5, 5.41) is 20.8. The number of aromatic nitrogens is 1. The number of hydrogen-bond donors (Lipinski definition) is 1. The van der Waals surface area contributed by atoms with Crippen LogP contribution in [-0.2, 0) is 0 Å². The van der Waals surface area contributed by atoms with Gasteiger partial charge in [0.25, 0.3) is 5.56 Å². The molecule has 0 spiro atoms. The Kier molecular flexibility index (Phi) is 6.05. The molecule has 1 saturated carbocycles. The van der Waals surface area contributed by atoms with Crippen molar-refractivity contribution in [2.24, 2.45) is 0 Å². The molecular formula is C21H21ClN2O4. The highest BCUT2D eigenvalue weighted by molar-refractivity contribution is 6.30. The lowest BCUT2D eigenvalue weighted by atomic mass is 9.93. The lowest BCUT2D eigenvalue weighted by Gasteiger charge is -2.26. The lowest BCUT2D eigenvalue weighted by molar-refractivity contribution is 0.0915. The quantitative estimate of drug-likeness (QED) is 0.761. The molecule has 7 heteroatoms. The molecule has 0 atom stereocenters. The van der Waals surface area contributed by atoms with Crippen LogP contribution in [0.2, 0.25) is 5.02 Å². The van der Waals surface area contributed by atoms with Gasteiger partial charge in [0.05, 0.1) is 5.56 Å². The number of hydrogen-bond acceptors (Lipinski definition) is 5. The van der Waals surface area contributed by atoms with E-state index in [-0.39, 0.29) is 35.2 Å². The number of ketones is 1. The number of ether oxygens (including phenoxy) is 1. The van der Waals surface area contributed by atoms with Gasteiger partial charge in [-0.1, -0.05) is 30.9 Å². The van der Waals surface area contributed by atoms with Gasteiger partial charge in [0.15, 0.2) is 6.61 Å². The van der Waals surface area contributed by atoms with Gasteiger partial charge in [-0.25, -0.2) is 0 Å². The predicted molar refractivity (Wildman–Crippen MR) is 105 cm³/mol. The average molecular weight is 401 g/mol. The number of benzene rings is 1. The van der Waals surface area contributed by atoms with Crippen LogP contribution >= 0.6 is 11.6 Å². The van der Waals surface area contributed by atoms with Crippen LogP contribution in [0.15, 0.2) is 29.1 Å². The van der Waals surface area contributed by atoms with Crippen LogP contribution in [0.1, 0.15) is 59.6 Å². The smallest absolute Gasteiger partial charge is 0.271 e. The van der Waals surface area contributed by atoms with Crippen LogP contribution in [0.3, 0.4) is 0 Å². The first-order valence-electron chi connectivity index (χ1n) is 9.23. The summed E-state index contributed by atoms with van der Waals surface area (Å²) in [6.45, 7) is 1.17. The van der Waals surface area contributed by atoms with E-state index >= 15 is 0 Å². The minimum absolute atomic E-state index is 0.0318. The van der Waals surface area contributed by atoms with Crippen molar-refractivity contribution in [3.63, 3.8) is 0 Å². The fourth-order valence-electron chi connectivity index (χ4n) is 3.69. The molecule has 1 N–H and O–H groups in total. The van der Waals surface area contributed by atoms with Crippen molar-refractivity contribution < 1.29 is 14.6 Å². The molecule has 1 heterocycles. The van der Waals surface area contributed by atoms with Crippen molar-refractivity contribution >= 4 is 17.4 Å². The Morgan fingerprint density at radius 3 is 2.54 bits per heavy atom. The molecule has 0 aliphatic heterocycles. The largest absolute Gasteiger partial charge is 0.494 e. The number of nitriles is 1. The van der Waals surface area contributed by atoms with E-state index in [1.165, 1.54) is 11.5 Å². The normalized spacial score (nSPS) is 14.5. The number of halogens is 1. The molecule has 2 aromatic rings. The van der Waals surface area contributed by atoms with Crippen molar-refractivity contribution in [3.05, 3.63) is 56.3 Å². The van der Waals surface area contributed by atoms with Crippen LogP contribution in [-0.4, -0.2) is 22.1 Å². The van der Waals surface area contributed by atoms with Crippen LogP contribution < -0.4 is 10.3 Å². The van der Waals surface area contributed by atoms with Crippen molar-refractivity contribution in [3.8, 4) is 17.7 Å². The van der Waals surface area contributed by atoms with E-state index in [4.69, 9.17) is 16.3 Å². The number of carbonyl (C=O) groups excluding carboxylic acids is 1. The fourth-order valence-corrected chi connectivity index (χ4v) is 3.81. The van der Waals surface area contributed by atoms with Crippen molar-refractivity contribution in [1.82, 2.24) is 4.57 Å². The fraction of sp³-hybridized carbons (Fsp3) is 0.381. The minimum Gasteiger partial charge on any atom is -0.494 e. The second kappa shape index (κ2) is 8.49. The van der Waals surface area contributed by atoms with Gasteiger partial charge in [0, 0.05) is 11.1 Å². The van der Waals surface area contributed by atoms with Crippen molar-refractivity contribution in [1.29, 1.82) is 5.26 Å². The maximum absolute atomic E-state index is 12.8. The Balaban J connectivity index is 1.97. The number of pyridine rings is 1. The second-order valence-corrected chi connectivity index (χ2v) is 7.38. The summed E-state index contributed by atoms with van der Waals surface area (Å²) in [4.78, 5) is 25.6. The summed E-state index contributed by atoms with van der Waals surface area (Å²) in [6.07, 6.45) is 4.42. The molecule has 1 aliphatic carbocycles. The molecule has 3 rings (SSSR count). The number of nitrogens with zero attached hydrogens (tertiary/aromatic N) is 2. The predicted octanol–water partition coefficient (Wildman–Crippen LogP) is 4.15. The van der Waals surface area contributed by atoms with Crippen molar-refractivity contribution in [2.45, 2.75) is 45.1 Å². The number of carbonyl (C=O) groups is 1. The average Bonchev–Trinajstić information content (AvgIpc) is 2.68. The van der Waals surface area contributed by atoms with E-state index in [0.717, 1.165) is 32.1 Å². The summed E-state index contributed by atoms with van der Waals surface area (Å²) in [7, 11) is 0. The van der Waals surface area contributed by atoms with Gasteiger partial charge >= 0.3 is 0 Å². The molecule has 0 bridgehead atoms. The molecule has 0 unspecified atom stereocenters. The molecule has 28 heavy (non-hydrogen) atoms. The van der Waals surface area contributed by atoms with E-state index in [1.807, 2.05) is 6.07 Å². The van der Waals surface area contributed by atoms with E-state index in [9.17, 15) is 20.0 Å². The maximum Gasteiger partial charge on any atom is 0.271 e. The van der Waals surface area contributed by atoms with E-state index in [2.05, 4.69) is 0 Å². The first-order chi connectivity index (χ1) is 13.4. The number of rotatable bonds is 5. The van der Waals surface area contributed by atoms with Crippen LogP contribution in [0, 0.1) is 18.3 Å². The topological polar surface area (TPSA) is 92.3 Å². The summed E-state index contributed by atoms with van der Waals surface area (Å²) >= 11 is 5.83. The third-order valence-corrected chi connectivity index (χ3v) is 5.40. The first-order valence-corrected chi connectivity index (χ1v) is 9.61. The minimum atomic E-state index is -0.542. The van der Waals surface area contributed by atoms with Gasteiger partial charge in [-0.15, -0.1) is 0 Å². The van der Waals surface area contributed by atoms with Gasteiger partial charge in [0.2, 0.25) is 11.7 Å². The molecule has 146 valence electrons. The van der Waals surface area contributed by atoms with Crippen LogP contribution in [0.25, 0.3) is 0 Å². The Morgan fingerprint density at radius 1 is 1.29 bits per heavy atom. The molecule has 6 nitrogen and oxygen atoms in total. The molecule has 0 radical (unpaired) electrons. The van der Waals surface area contributed by atoms with Crippen LogP contribution in [0.4, 0.5) is 0 Å². The third kappa shape index (κ3) is 3.90. The van der Waals surface area contributed by atoms with Crippen LogP contribution in [0.5, 0.6) is 11.6 Å². The van der Waals surface area contributed by atoms with Gasteiger partial charge in [-0.3, -0.25) is 14.2 Å². The molecule has 0 amide bonds. The van der Waals surface area contributed by atoms with E-state index in [0.29, 0.717) is 10.8 Å². The first kappa shape index (κ1) is 20.0. The van der Waals surface area contributed by atoms with E-state index < -0.39 is 11.3 Å². The lowest BCUT2D eigenvalue weighted by Crippen LogP contribution is -2.31. The van der Waals surface area contributed by atoms with Gasteiger partial charge in [-0.2, -0.15) is 5.26 Å². The standard InChI is InChI=1S/C21H21ClN2O4/c1-13-17(11-23)20(26)24(15-5-3-2-4-6-15)21(27)19(13)18(25)12-28-16-9-7-14(22)8-10-16/h7-10,15,27H,2-6,12H2,1H3. The number of Topliss-reactive ketones (excluding diaryl/α,β-unsaturated/α-hetero) is 1. The molecule has 1 aromatic heterocycles. The summed E-state index contributed by atoms with van der Waals surface area (Å²) in [6, 6.07) is 8.22. The highest BCUT2D eigenvalue weighted by atomic mass is 35.5. The van der Waals surface area contributed by atoms with Gasteiger partial charge in [-0.05, 0) is 49.6 Å². The molecule has 1 fully saturated rings. The summed E-state index contributed by atoms with van der Waals surface area (Å²) < 4.78 is 6.71. The SMILES string of the molecule is Cc1c(C(=O)COc2ccc(Cl)cc2)c(O)n(C2CCCCC2)c(=O)c1C#N. The monoisotopic (exact) mass is 400 g/mol. The van der Waals surface area contributed by atoms with Crippen molar-refractivity contribution in [2.75, 3.05) is 6.61 Å². The maximum atomic E-state index is 12.8. The van der Waals surface area contributed by atoms with E-state index in [1.54, 1.807) is 24.3 Å². The Bertz CT molecular complexity index is 983. The highest BCUT2D eigenvalue weighted by Gasteiger charge is 2.28. The molecular weight excluding hydrogens is 380 g/mol. The highest BCUT2D eigenvalue weighted by Crippen LogP contribution is 2.33.